The fourth-order valence-electron chi connectivity index (χ4n) is 12.2. The average Bonchev–Trinajstić information content (AvgIpc) is 3.81. The van der Waals surface area contributed by atoms with E-state index in [2.05, 4.69) is 76.9 Å². The smallest absolute Gasteiger partial charge is 0.168 e. The normalized spacial score (nSPS) is 24.1. The number of aryl methyl sites for hydroxylation is 2. The first-order valence-corrected chi connectivity index (χ1v) is 25.5. The van der Waals surface area contributed by atoms with Gasteiger partial charge >= 0.3 is 0 Å². The number of aromatic nitrogens is 1. The number of phenolic OH excluding ortho intramolecular Hbond substituents is 3. The van der Waals surface area contributed by atoms with Gasteiger partial charge in [-0.15, -0.1) is 0 Å². The van der Waals surface area contributed by atoms with Crippen molar-refractivity contribution in [2.45, 2.75) is 107 Å². The molecule has 1 fully saturated rings. The van der Waals surface area contributed by atoms with Crippen LogP contribution in [0.4, 0.5) is 0 Å². The van der Waals surface area contributed by atoms with Crippen molar-refractivity contribution in [1.29, 1.82) is 0 Å². The molecule has 7 N–H and O–H groups in total. The summed E-state index contributed by atoms with van der Waals surface area (Å²) in [5.41, 5.74) is 17.3. The average molecular weight is 940 g/mol. The number of fused-ring (bicyclic) bond motifs is 8. The zero-order valence-electron chi connectivity index (χ0n) is 39.9. The Labute approximate surface area is 410 Å². The van der Waals surface area contributed by atoms with Crippen LogP contribution in [-0.2, 0) is 47.2 Å². The molecule has 0 spiro atoms. The van der Waals surface area contributed by atoms with Gasteiger partial charge < -0.3 is 50.3 Å². The highest BCUT2D eigenvalue weighted by Crippen LogP contribution is 2.52. The summed E-state index contributed by atoms with van der Waals surface area (Å²) in [6.45, 7) is 2.01. The van der Waals surface area contributed by atoms with E-state index in [0.29, 0.717) is 44.1 Å². The van der Waals surface area contributed by atoms with Crippen molar-refractivity contribution in [3.8, 4) is 23.0 Å². The van der Waals surface area contributed by atoms with Crippen LogP contribution in [0.1, 0.15) is 101 Å². The van der Waals surface area contributed by atoms with Crippen LogP contribution >= 0.6 is 0 Å². The number of rotatable bonds is 10. The minimum atomic E-state index is -0.641. The van der Waals surface area contributed by atoms with E-state index in [1.165, 1.54) is 22.3 Å². The first-order valence-electron chi connectivity index (χ1n) is 25.5. The van der Waals surface area contributed by atoms with Gasteiger partial charge in [-0.05, 0) is 132 Å². The Morgan fingerprint density at radius 2 is 1.69 bits per heavy atom. The molecule has 6 atom stereocenters. The molecule has 10 nitrogen and oxygen atoms in total. The second-order valence-electron chi connectivity index (χ2n) is 20.4. The van der Waals surface area contributed by atoms with Crippen LogP contribution in [0, 0.1) is 11.8 Å². The monoisotopic (exact) mass is 939 g/mol. The summed E-state index contributed by atoms with van der Waals surface area (Å²) in [7, 11) is 0. The zero-order chi connectivity index (χ0) is 47.8. The van der Waals surface area contributed by atoms with Crippen molar-refractivity contribution in [2.24, 2.45) is 17.6 Å². The number of nitrogens with one attached hydrogen (secondary N) is 1. The van der Waals surface area contributed by atoms with E-state index in [1.54, 1.807) is 24.3 Å². The van der Waals surface area contributed by atoms with Crippen molar-refractivity contribution < 1.29 is 34.6 Å². The minimum Gasteiger partial charge on any atom is -0.508 e. The van der Waals surface area contributed by atoms with Crippen molar-refractivity contribution in [1.82, 2.24) is 9.88 Å². The first-order chi connectivity index (χ1) is 34.2. The topological polar surface area (TPSA) is 152 Å². The number of dihydropyridines is 1. The quantitative estimate of drug-likeness (QED) is 0.0738. The maximum absolute atomic E-state index is 12.0. The summed E-state index contributed by atoms with van der Waals surface area (Å²) < 4.78 is 22.0. The molecule has 0 radical (unpaired) electrons. The molecule has 362 valence electrons. The molecule has 6 aliphatic rings. The molecule has 6 bridgehead atoms. The molecule has 0 saturated carbocycles. The maximum atomic E-state index is 12.0. The van der Waals surface area contributed by atoms with Gasteiger partial charge in [-0.25, -0.2) is 0 Å². The number of unbranched alkanes of at least 4 members (excludes halogenated alkanes) is 3. The molecule has 70 heavy (non-hydrogen) atoms. The molecule has 6 aromatic rings. The SMILES string of the molecule is NC1C=CC2=C(N1)n1cc3cc(C45CCOCC4CCc4ccccc45)cc(c3c1)COc1c(O)ccc3c1C=CC(C3)C(O)CC(CCCCCCc1ccc(O)c(Cc3cccc(O)c3)c1)OC2. The molecule has 4 aliphatic heterocycles. The van der Waals surface area contributed by atoms with Crippen LogP contribution in [0.5, 0.6) is 23.0 Å². The Balaban J connectivity index is 0.881. The van der Waals surface area contributed by atoms with E-state index < -0.39 is 6.10 Å². The van der Waals surface area contributed by atoms with Crippen molar-refractivity contribution >= 4 is 22.7 Å². The van der Waals surface area contributed by atoms with E-state index in [9.17, 15) is 20.4 Å². The molecule has 12 rings (SSSR count). The minimum absolute atomic E-state index is 0.0966. The molecule has 6 unspecified atom stereocenters. The fourth-order valence-corrected chi connectivity index (χ4v) is 12.2. The second kappa shape index (κ2) is 19.8. The fraction of sp³-hybridized carbons (Fsp3) is 0.367. The van der Waals surface area contributed by atoms with E-state index in [4.69, 9.17) is 19.9 Å². The number of phenols is 3. The number of aromatic hydroxyl groups is 3. The predicted octanol–water partition coefficient (Wildman–Crippen LogP) is 10.3. The third kappa shape index (κ3) is 9.26. The highest BCUT2D eigenvalue weighted by atomic mass is 16.5. The third-order valence-electron chi connectivity index (χ3n) is 15.9. The maximum Gasteiger partial charge on any atom is 0.168 e. The highest BCUT2D eigenvalue weighted by Gasteiger charge is 2.47. The standard InChI is InChI=1S/C60H65N3O7/c61-57-23-18-43-35-69-50(12-4-2-1-3-8-38-14-21-54(65)44(26-38)27-39-9-7-11-49(64)28-39)32-56(67)42-16-20-51-41(29-42)17-22-55(66)58(51)70-36-46-31-48(30-45-33-63(34-52(45)46)59(43)62-57)60-24-25-68-37-47(60)19-15-40-10-5-6-13-53(40)60/h5-7,9-11,13-14,16-18,20-23,26,28,30-31,33-34,42,47,50,56-57,62,64-67H,1-4,8,12,15,19,24-25,27,29,32,35-37,61H2. The van der Waals surface area contributed by atoms with Gasteiger partial charge in [0.15, 0.2) is 11.5 Å². The van der Waals surface area contributed by atoms with E-state index in [-0.39, 0.29) is 47.5 Å². The van der Waals surface area contributed by atoms with E-state index in [0.717, 1.165) is 114 Å². The number of hydrogen-bond acceptors (Lipinski definition) is 9. The summed E-state index contributed by atoms with van der Waals surface area (Å²) in [4.78, 5) is 0. The lowest BCUT2D eigenvalue weighted by atomic mass is 9.57. The van der Waals surface area contributed by atoms with Gasteiger partial charge in [-0.1, -0.05) is 98.2 Å². The summed E-state index contributed by atoms with van der Waals surface area (Å²) in [6, 6.07) is 30.4. The Bertz CT molecular complexity index is 2990. The van der Waals surface area contributed by atoms with Crippen LogP contribution in [0.2, 0.25) is 0 Å². The number of nitrogens with zero attached hydrogens (tertiary/aromatic N) is 1. The lowest BCUT2D eigenvalue weighted by molar-refractivity contribution is 0.00497. The molecule has 2 aliphatic carbocycles. The zero-order valence-corrected chi connectivity index (χ0v) is 39.9. The van der Waals surface area contributed by atoms with Crippen molar-refractivity contribution in [3.63, 3.8) is 0 Å². The van der Waals surface area contributed by atoms with Crippen LogP contribution < -0.4 is 15.8 Å². The number of aliphatic hydroxyl groups excluding tert-OH is 1. The Hall–Kier alpha value is -6.30. The van der Waals surface area contributed by atoms with Gasteiger partial charge in [0.1, 0.15) is 23.9 Å². The van der Waals surface area contributed by atoms with Gasteiger partial charge in [-0.2, -0.15) is 0 Å². The number of nitrogens with two attached hydrogens (primary N) is 1. The van der Waals surface area contributed by atoms with Crippen LogP contribution in [0.3, 0.4) is 0 Å². The van der Waals surface area contributed by atoms with Crippen molar-refractivity contribution in [3.05, 3.63) is 177 Å². The van der Waals surface area contributed by atoms with Crippen LogP contribution in [-0.4, -0.2) is 63.2 Å². The van der Waals surface area contributed by atoms with E-state index in [1.807, 2.05) is 36.4 Å². The summed E-state index contributed by atoms with van der Waals surface area (Å²) in [5, 5.41) is 49.6. The molecule has 5 heterocycles. The molecule has 1 saturated heterocycles. The van der Waals surface area contributed by atoms with Crippen LogP contribution in [0.25, 0.3) is 22.7 Å². The van der Waals surface area contributed by atoms with E-state index >= 15 is 0 Å². The van der Waals surface area contributed by atoms with Gasteiger partial charge in [0.25, 0.3) is 0 Å². The summed E-state index contributed by atoms with van der Waals surface area (Å²) in [6.07, 6.45) is 21.7. The second-order valence-corrected chi connectivity index (χ2v) is 20.4. The highest BCUT2D eigenvalue weighted by molar-refractivity contribution is 5.88. The lowest BCUT2D eigenvalue weighted by Gasteiger charge is -2.49. The third-order valence-corrected chi connectivity index (χ3v) is 15.9. The molecular weight excluding hydrogens is 875 g/mol. The molecule has 5 aromatic carbocycles. The number of aliphatic hydroxyl groups is 1. The number of ether oxygens (including phenoxy) is 3. The number of hydrogen-bond donors (Lipinski definition) is 6. The lowest BCUT2D eigenvalue weighted by Crippen LogP contribution is -2.47. The molecule has 0 amide bonds. The summed E-state index contributed by atoms with van der Waals surface area (Å²) >= 11 is 0. The summed E-state index contributed by atoms with van der Waals surface area (Å²) in [5.74, 6) is 2.12. The van der Waals surface area contributed by atoms with Gasteiger partial charge in [0.05, 0.1) is 31.6 Å². The Morgan fingerprint density at radius 3 is 2.60 bits per heavy atom. The first kappa shape index (κ1) is 46.1. The van der Waals surface area contributed by atoms with Crippen LogP contribution in [0.15, 0.2) is 127 Å². The number of benzene rings is 5. The van der Waals surface area contributed by atoms with Crippen molar-refractivity contribution in [2.75, 3.05) is 19.8 Å². The molecular formula is C60H65N3O7. The van der Waals surface area contributed by atoms with Gasteiger partial charge in [-0.3, -0.25) is 0 Å². The Morgan fingerprint density at radius 1 is 0.800 bits per heavy atom. The predicted molar refractivity (Wildman–Crippen MR) is 275 cm³/mol. The van der Waals surface area contributed by atoms with Gasteiger partial charge in [0.2, 0.25) is 0 Å². The Kier molecular flexibility index (Phi) is 13.1. The largest absolute Gasteiger partial charge is 0.508 e. The molecule has 1 aromatic heterocycles. The molecule has 10 heteroatoms. The van der Waals surface area contributed by atoms with Gasteiger partial charge in [0, 0.05) is 65.1 Å².